The van der Waals surface area contributed by atoms with Gasteiger partial charge in [-0.1, -0.05) is 13.8 Å². The minimum atomic E-state index is -0.171. The van der Waals surface area contributed by atoms with Crippen LogP contribution in [0.4, 0.5) is 0 Å². The highest BCUT2D eigenvalue weighted by Gasteiger charge is 2.38. The Hall–Kier alpha value is -0.220. The Labute approximate surface area is 103 Å². The summed E-state index contributed by atoms with van der Waals surface area (Å²) in [6.45, 7) is 6.43. The second kappa shape index (κ2) is 4.96. The Kier molecular flexibility index (Phi) is 3.80. The smallest absolute Gasteiger partial charge is 0.233 e. The highest BCUT2D eigenvalue weighted by atomic mass is 32.1. The molecule has 2 fully saturated rings. The highest BCUT2D eigenvalue weighted by molar-refractivity contribution is 7.81. The number of amides is 1. The molecule has 2 rings (SSSR count). The molecule has 2 saturated heterocycles. The van der Waals surface area contributed by atoms with Crippen LogP contribution in [0.5, 0.6) is 0 Å². The van der Waals surface area contributed by atoms with Gasteiger partial charge in [0.15, 0.2) is 0 Å². The first kappa shape index (κ1) is 12.2. The van der Waals surface area contributed by atoms with Crippen LogP contribution in [0, 0.1) is 5.92 Å². The van der Waals surface area contributed by atoms with Gasteiger partial charge in [-0.3, -0.25) is 9.69 Å². The van der Waals surface area contributed by atoms with Crippen molar-refractivity contribution in [3.8, 4) is 0 Å². The summed E-state index contributed by atoms with van der Waals surface area (Å²) in [5.74, 6) is 0.404. The summed E-state index contributed by atoms with van der Waals surface area (Å²) < 4.78 is 0. The molecular weight excluding hydrogens is 220 g/mol. The maximum Gasteiger partial charge on any atom is 0.233 e. The van der Waals surface area contributed by atoms with E-state index in [1.54, 1.807) is 0 Å². The molecule has 3 atom stereocenters. The van der Waals surface area contributed by atoms with Crippen LogP contribution in [0.3, 0.4) is 0 Å². The SMILES string of the molecule is CC(C)C(S)C(=O)NC1CCN2CCCC12. The van der Waals surface area contributed by atoms with E-state index < -0.39 is 0 Å². The molecule has 0 radical (unpaired) electrons. The third-order valence-electron chi connectivity index (χ3n) is 3.83. The molecule has 1 amide bonds. The molecule has 0 spiro atoms. The fourth-order valence-electron chi connectivity index (χ4n) is 2.82. The highest BCUT2D eigenvalue weighted by Crippen LogP contribution is 2.28. The maximum atomic E-state index is 11.9. The van der Waals surface area contributed by atoms with E-state index in [0.717, 1.165) is 13.0 Å². The number of hydrogen-bond acceptors (Lipinski definition) is 3. The van der Waals surface area contributed by atoms with Crippen LogP contribution in [-0.2, 0) is 4.79 Å². The van der Waals surface area contributed by atoms with E-state index in [4.69, 9.17) is 0 Å². The second-order valence-electron chi connectivity index (χ2n) is 5.34. The molecule has 2 heterocycles. The van der Waals surface area contributed by atoms with Crippen molar-refractivity contribution in [1.82, 2.24) is 10.2 Å². The van der Waals surface area contributed by atoms with Crippen molar-refractivity contribution in [2.24, 2.45) is 5.92 Å². The zero-order chi connectivity index (χ0) is 11.7. The number of fused-ring (bicyclic) bond motifs is 1. The van der Waals surface area contributed by atoms with E-state index in [9.17, 15) is 4.79 Å². The molecule has 0 aromatic heterocycles. The number of hydrogen-bond donors (Lipinski definition) is 2. The lowest BCUT2D eigenvalue weighted by Crippen LogP contribution is -2.46. The molecule has 3 unspecified atom stereocenters. The van der Waals surface area contributed by atoms with Crippen molar-refractivity contribution >= 4 is 18.5 Å². The molecule has 0 aromatic carbocycles. The monoisotopic (exact) mass is 242 g/mol. The van der Waals surface area contributed by atoms with E-state index in [1.807, 2.05) is 13.8 Å². The van der Waals surface area contributed by atoms with Crippen molar-refractivity contribution in [3.05, 3.63) is 0 Å². The third kappa shape index (κ3) is 2.38. The molecule has 92 valence electrons. The quantitative estimate of drug-likeness (QED) is 0.731. The first-order valence-electron chi connectivity index (χ1n) is 6.32. The average Bonchev–Trinajstić information content (AvgIpc) is 2.81. The lowest BCUT2D eigenvalue weighted by Gasteiger charge is -2.23. The predicted octanol–water partition coefficient (Wildman–Crippen LogP) is 1.29. The minimum absolute atomic E-state index is 0.108. The molecule has 2 aliphatic heterocycles. The molecule has 1 N–H and O–H groups in total. The van der Waals surface area contributed by atoms with E-state index in [1.165, 1.54) is 19.4 Å². The molecule has 0 saturated carbocycles. The van der Waals surface area contributed by atoms with Gasteiger partial charge in [-0.05, 0) is 31.7 Å². The summed E-state index contributed by atoms with van der Waals surface area (Å²) in [6.07, 6.45) is 3.63. The topological polar surface area (TPSA) is 32.3 Å². The van der Waals surface area contributed by atoms with Crippen LogP contribution < -0.4 is 5.32 Å². The van der Waals surface area contributed by atoms with Crippen molar-refractivity contribution in [1.29, 1.82) is 0 Å². The van der Waals surface area contributed by atoms with Gasteiger partial charge < -0.3 is 5.32 Å². The van der Waals surface area contributed by atoms with E-state index >= 15 is 0 Å². The van der Waals surface area contributed by atoms with Gasteiger partial charge in [-0.15, -0.1) is 0 Å². The maximum absolute atomic E-state index is 11.9. The Morgan fingerprint density at radius 2 is 2.12 bits per heavy atom. The van der Waals surface area contributed by atoms with Gasteiger partial charge in [-0.25, -0.2) is 0 Å². The molecule has 16 heavy (non-hydrogen) atoms. The third-order valence-corrected chi connectivity index (χ3v) is 4.66. The van der Waals surface area contributed by atoms with Crippen LogP contribution in [0.25, 0.3) is 0 Å². The lowest BCUT2D eigenvalue weighted by atomic mass is 10.0. The summed E-state index contributed by atoms with van der Waals surface area (Å²) in [6, 6.07) is 0.958. The van der Waals surface area contributed by atoms with Crippen LogP contribution in [-0.4, -0.2) is 41.2 Å². The standard InChI is InChI=1S/C12H22N2OS/c1-8(2)11(16)12(15)13-9-5-7-14-6-3-4-10(9)14/h8-11,16H,3-7H2,1-2H3,(H,13,15). The summed E-state index contributed by atoms with van der Waals surface area (Å²) in [5.41, 5.74) is 0. The number of carbonyl (C=O) groups is 1. The normalized spacial score (nSPS) is 31.8. The molecule has 0 aromatic rings. The fourth-order valence-corrected chi connectivity index (χ4v) is 2.90. The van der Waals surface area contributed by atoms with Crippen molar-refractivity contribution in [3.63, 3.8) is 0 Å². The van der Waals surface area contributed by atoms with Crippen LogP contribution >= 0.6 is 12.6 Å². The average molecular weight is 242 g/mol. The second-order valence-corrected chi connectivity index (χ2v) is 5.89. The first-order chi connectivity index (χ1) is 7.59. The van der Waals surface area contributed by atoms with Gasteiger partial charge in [0.2, 0.25) is 5.91 Å². The largest absolute Gasteiger partial charge is 0.351 e. The van der Waals surface area contributed by atoms with Crippen LogP contribution in [0.15, 0.2) is 0 Å². The lowest BCUT2D eigenvalue weighted by molar-refractivity contribution is -0.122. The van der Waals surface area contributed by atoms with Gasteiger partial charge in [0.25, 0.3) is 0 Å². The summed E-state index contributed by atoms with van der Waals surface area (Å²) in [5, 5.41) is 3.00. The summed E-state index contributed by atoms with van der Waals surface area (Å²) in [4.78, 5) is 14.4. The minimum Gasteiger partial charge on any atom is -0.351 e. The van der Waals surface area contributed by atoms with E-state index in [0.29, 0.717) is 18.0 Å². The fraction of sp³-hybridized carbons (Fsp3) is 0.917. The van der Waals surface area contributed by atoms with Gasteiger partial charge in [0, 0.05) is 18.6 Å². The molecule has 2 aliphatic rings. The van der Waals surface area contributed by atoms with E-state index in [2.05, 4.69) is 22.8 Å². The Balaban J connectivity index is 1.88. The summed E-state index contributed by atoms with van der Waals surface area (Å²) in [7, 11) is 0. The van der Waals surface area contributed by atoms with Crippen LogP contribution in [0.2, 0.25) is 0 Å². The van der Waals surface area contributed by atoms with Crippen molar-refractivity contribution in [2.75, 3.05) is 13.1 Å². The zero-order valence-corrected chi connectivity index (χ0v) is 11.0. The van der Waals surface area contributed by atoms with Gasteiger partial charge in [0.1, 0.15) is 0 Å². The summed E-state index contributed by atoms with van der Waals surface area (Å²) >= 11 is 4.36. The first-order valence-corrected chi connectivity index (χ1v) is 6.83. The Morgan fingerprint density at radius 3 is 2.81 bits per heavy atom. The van der Waals surface area contributed by atoms with Crippen molar-refractivity contribution < 1.29 is 4.79 Å². The van der Waals surface area contributed by atoms with Gasteiger partial charge in [0.05, 0.1) is 5.25 Å². The molecular formula is C12H22N2OS. The molecule has 4 heteroatoms. The number of nitrogens with zero attached hydrogens (tertiary/aromatic N) is 1. The number of thiol groups is 1. The molecule has 3 nitrogen and oxygen atoms in total. The number of rotatable bonds is 3. The molecule has 0 bridgehead atoms. The zero-order valence-electron chi connectivity index (χ0n) is 10.1. The molecule has 0 aliphatic carbocycles. The number of carbonyl (C=O) groups excluding carboxylic acids is 1. The Bertz CT molecular complexity index is 270. The van der Waals surface area contributed by atoms with Gasteiger partial charge >= 0.3 is 0 Å². The Morgan fingerprint density at radius 1 is 1.38 bits per heavy atom. The van der Waals surface area contributed by atoms with Gasteiger partial charge in [-0.2, -0.15) is 12.6 Å². The van der Waals surface area contributed by atoms with E-state index in [-0.39, 0.29) is 11.2 Å². The predicted molar refractivity (Wildman–Crippen MR) is 68.8 cm³/mol. The van der Waals surface area contributed by atoms with Crippen molar-refractivity contribution in [2.45, 2.75) is 50.4 Å². The number of nitrogens with one attached hydrogen (secondary N) is 1. The van der Waals surface area contributed by atoms with Crippen LogP contribution in [0.1, 0.15) is 33.1 Å².